The van der Waals surface area contributed by atoms with Gasteiger partial charge in [-0.25, -0.2) is 4.98 Å². The number of hydrogen-bond donors (Lipinski definition) is 1. The van der Waals surface area contributed by atoms with Crippen LogP contribution >= 0.6 is 11.3 Å². The summed E-state index contributed by atoms with van der Waals surface area (Å²) in [6.45, 7) is 6.63. The normalized spacial score (nSPS) is 10.6. The zero-order valence-electron chi connectivity index (χ0n) is 12.8. The highest BCUT2D eigenvalue weighted by atomic mass is 32.1. The first-order valence-corrected chi connectivity index (χ1v) is 8.12. The lowest BCUT2D eigenvalue weighted by molar-refractivity contribution is 0.294. The molecule has 0 fully saturated rings. The molecule has 2 rings (SSSR count). The number of nitrogens with zero attached hydrogens (tertiary/aromatic N) is 1. The molecule has 1 heterocycles. The van der Waals surface area contributed by atoms with Gasteiger partial charge in [-0.1, -0.05) is 13.8 Å². The summed E-state index contributed by atoms with van der Waals surface area (Å²) in [4.78, 5) is 4.64. The Morgan fingerprint density at radius 2 is 2.10 bits per heavy atom. The molecular formula is C16H22N2O2S. The van der Waals surface area contributed by atoms with Crippen molar-refractivity contribution in [1.82, 2.24) is 10.3 Å². The van der Waals surface area contributed by atoms with Gasteiger partial charge in [0, 0.05) is 17.5 Å². The largest absolute Gasteiger partial charge is 0.493 e. The standard InChI is InChI=1S/C16H22N2O2S/c1-4-8-20-14-7-6-12(9-15(14)19-3)16-18-13(11-21-16)10-17-5-2/h6-7,9,11,17H,4-5,8,10H2,1-3H3. The van der Waals surface area contributed by atoms with Gasteiger partial charge in [0.25, 0.3) is 0 Å². The quantitative estimate of drug-likeness (QED) is 0.807. The molecule has 1 aromatic heterocycles. The monoisotopic (exact) mass is 306 g/mol. The molecule has 1 aromatic carbocycles. The number of thiazole rings is 1. The second kappa shape index (κ2) is 8.00. The zero-order chi connectivity index (χ0) is 15.1. The maximum atomic E-state index is 5.67. The van der Waals surface area contributed by atoms with E-state index in [0.29, 0.717) is 6.61 Å². The first-order chi connectivity index (χ1) is 10.3. The van der Waals surface area contributed by atoms with Gasteiger partial charge < -0.3 is 14.8 Å². The first-order valence-electron chi connectivity index (χ1n) is 7.24. The van der Waals surface area contributed by atoms with Crippen LogP contribution in [-0.2, 0) is 6.54 Å². The molecule has 0 aliphatic heterocycles. The van der Waals surface area contributed by atoms with Crippen LogP contribution in [0.15, 0.2) is 23.6 Å². The molecule has 4 nitrogen and oxygen atoms in total. The van der Waals surface area contributed by atoms with E-state index in [-0.39, 0.29) is 0 Å². The topological polar surface area (TPSA) is 43.4 Å². The van der Waals surface area contributed by atoms with Gasteiger partial charge in [0.15, 0.2) is 11.5 Å². The van der Waals surface area contributed by atoms with E-state index in [1.807, 2.05) is 18.2 Å². The predicted octanol–water partition coefficient (Wildman–Crippen LogP) is 3.72. The van der Waals surface area contributed by atoms with Crippen LogP contribution in [0.5, 0.6) is 11.5 Å². The average molecular weight is 306 g/mol. The summed E-state index contributed by atoms with van der Waals surface area (Å²) >= 11 is 1.65. The minimum Gasteiger partial charge on any atom is -0.493 e. The van der Waals surface area contributed by atoms with Crippen molar-refractivity contribution in [3.63, 3.8) is 0 Å². The molecule has 0 atom stereocenters. The van der Waals surface area contributed by atoms with Crippen molar-refractivity contribution in [3.8, 4) is 22.1 Å². The molecule has 21 heavy (non-hydrogen) atoms. The van der Waals surface area contributed by atoms with Crippen LogP contribution in [0.2, 0.25) is 0 Å². The molecule has 0 saturated heterocycles. The number of benzene rings is 1. The van der Waals surface area contributed by atoms with Crippen molar-refractivity contribution < 1.29 is 9.47 Å². The van der Waals surface area contributed by atoms with Gasteiger partial charge in [0.05, 0.1) is 19.4 Å². The number of hydrogen-bond acceptors (Lipinski definition) is 5. The molecule has 0 spiro atoms. The van der Waals surface area contributed by atoms with Crippen molar-refractivity contribution >= 4 is 11.3 Å². The van der Waals surface area contributed by atoms with Gasteiger partial charge in [-0.3, -0.25) is 0 Å². The maximum Gasteiger partial charge on any atom is 0.161 e. The van der Waals surface area contributed by atoms with Gasteiger partial charge in [-0.2, -0.15) is 0 Å². The smallest absolute Gasteiger partial charge is 0.161 e. The molecular weight excluding hydrogens is 284 g/mol. The van der Waals surface area contributed by atoms with Gasteiger partial charge >= 0.3 is 0 Å². The van der Waals surface area contributed by atoms with Crippen LogP contribution in [0.1, 0.15) is 26.0 Å². The SMILES string of the molecule is CCCOc1ccc(-c2nc(CNCC)cs2)cc1OC. The van der Waals surface area contributed by atoms with Crippen LogP contribution in [0, 0.1) is 0 Å². The number of methoxy groups -OCH3 is 1. The summed E-state index contributed by atoms with van der Waals surface area (Å²) in [5, 5.41) is 6.38. The molecule has 5 heteroatoms. The molecule has 114 valence electrons. The summed E-state index contributed by atoms with van der Waals surface area (Å²) in [5.74, 6) is 1.54. The molecule has 1 N–H and O–H groups in total. The van der Waals surface area contributed by atoms with E-state index in [0.717, 1.165) is 47.3 Å². The number of ether oxygens (including phenoxy) is 2. The fourth-order valence-corrected chi connectivity index (χ4v) is 2.72. The maximum absolute atomic E-state index is 5.67. The van der Waals surface area contributed by atoms with Crippen LogP contribution in [0.25, 0.3) is 10.6 Å². The molecule has 0 radical (unpaired) electrons. The predicted molar refractivity (Wildman–Crippen MR) is 87.3 cm³/mol. The van der Waals surface area contributed by atoms with Crippen LogP contribution in [0.4, 0.5) is 0 Å². The molecule has 2 aromatic rings. The summed E-state index contributed by atoms with van der Waals surface area (Å²) in [6, 6.07) is 5.97. The molecule has 0 aliphatic rings. The minimum absolute atomic E-state index is 0.694. The van der Waals surface area contributed by atoms with E-state index in [4.69, 9.17) is 9.47 Å². The third-order valence-corrected chi connectivity index (χ3v) is 3.92. The number of aromatic nitrogens is 1. The van der Waals surface area contributed by atoms with Gasteiger partial charge in [0.1, 0.15) is 5.01 Å². The fourth-order valence-electron chi connectivity index (χ4n) is 1.91. The van der Waals surface area contributed by atoms with Crippen molar-refractivity contribution in [2.75, 3.05) is 20.3 Å². The lowest BCUT2D eigenvalue weighted by Gasteiger charge is -2.10. The second-order valence-electron chi connectivity index (χ2n) is 4.64. The Morgan fingerprint density at radius 3 is 2.81 bits per heavy atom. The summed E-state index contributed by atoms with van der Waals surface area (Å²) < 4.78 is 11.1. The van der Waals surface area contributed by atoms with Crippen molar-refractivity contribution in [2.24, 2.45) is 0 Å². The van der Waals surface area contributed by atoms with Gasteiger partial charge in [-0.05, 0) is 31.2 Å². The number of nitrogens with one attached hydrogen (secondary N) is 1. The fraction of sp³-hybridized carbons (Fsp3) is 0.438. The Hall–Kier alpha value is -1.59. The van der Waals surface area contributed by atoms with Gasteiger partial charge in [-0.15, -0.1) is 11.3 Å². The minimum atomic E-state index is 0.694. The van der Waals surface area contributed by atoms with Crippen LogP contribution in [-0.4, -0.2) is 25.2 Å². The summed E-state index contributed by atoms with van der Waals surface area (Å²) in [6.07, 6.45) is 0.977. The van der Waals surface area contributed by atoms with E-state index < -0.39 is 0 Å². The Kier molecular flexibility index (Phi) is 6.02. The Bertz CT molecular complexity index is 569. The molecule has 0 saturated carbocycles. The molecule has 0 unspecified atom stereocenters. The molecule has 0 bridgehead atoms. The van der Waals surface area contributed by atoms with Crippen molar-refractivity contribution in [2.45, 2.75) is 26.8 Å². The van der Waals surface area contributed by atoms with E-state index in [1.54, 1.807) is 18.4 Å². The molecule has 0 aliphatic carbocycles. The summed E-state index contributed by atoms with van der Waals surface area (Å²) in [7, 11) is 1.66. The third-order valence-electron chi connectivity index (χ3n) is 2.98. The summed E-state index contributed by atoms with van der Waals surface area (Å²) in [5.41, 5.74) is 2.13. The lowest BCUT2D eigenvalue weighted by atomic mass is 10.2. The van der Waals surface area contributed by atoms with Crippen LogP contribution in [0.3, 0.4) is 0 Å². The van der Waals surface area contributed by atoms with Gasteiger partial charge in [0.2, 0.25) is 0 Å². The van der Waals surface area contributed by atoms with E-state index in [2.05, 4.69) is 29.5 Å². The van der Waals surface area contributed by atoms with Crippen molar-refractivity contribution in [3.05, 3.63) is 29.3 Å². The number of rotatable bonds is 8. The Labute approximate surface area is 130 Å². The highest BCUT2D eigenvalue weighted by Crippen LogP contribution is 2.33. The Morgan fingerprint density at radius 1 is 1.24 bits per heavy atom. The molecule has 0 amide bonds. The van der Waals surface area contributed by atoms with E-state index in [1.165, 1.54) is 0 Å². The van der Waals surface area contributed by atoms with E-state index in [9.17, 15) is 0 Å². The second-order valence-corrected chi connectivity index (χ2v) is 5.50. The van der Waals surface area contributed by atoms with Crippen molar-refractivity contribution in [1.29, 1.82) is 0 Å². The average Bonchev–Trinajstić information content (AvgIpc) is 2.99. The highest BCUT2D eigenvalue weighted by Gasteiger charge is 2.10. The third kappa shape index (κ3) is 4.19. The lowest BCUT2D eigenvalue weighted by Crippen LogP contribution is -2.11. The first kappa shape index (κ1) is 15.8. The van der Waals surface area contributed by atoms with Crippen LogP contribution < -0.4 is 14.8 Å². The Balaban J connectivity index is 2.17. The zero-order valence-corrected chi connectivity index (χ0v) is 13.6. The highest BCUT2D eigenvalue weighted by molar-refractivity contribution is 7.13. The van der Waals surface area contributed by atoms with E-state index >= 15 is 0 Å².